The van der Waals surface area contributed by atoms with Crippen LogP contribution in [0.4, 0.5) is 5.13 Å². The minimum atomic E-state index is -0.132. The average Bonchev–Trinajstić information content (AvgIpc) is 2.92. The Morgan fingerprint density at radius 3 is 2.82 bits per heavy atom. The van der Waals surface area contributed by atoms with Crippen molar-refractivity contribution in [1.82, 2.24) is 10.2 Å². The number of rotatable bonds is 7. The summed E-state index contributed by atoms with van der Waals surface area (Å²) in [5, 5.41) is 11.9. The summed E-state index contributed by atoms with van der Waals surface area (Å²) in [4.78, 5) is 13.4. The fourth-order valence-corrected chi connectivity index (χ4v) is 4.31. The maximum Gasteiger partial charge on any atom is 0.258 e. The summed E-state index contributed by atoms with van der Waals surface area (Å²) in [5.41, 5.74) is 0.680. The lowest BCUT2D eigenvalue weighted by Crippen LogP contribution is -2.13. The van der Waals surface area contributed by atoms with Gasteiger partial charge in [-0.3, -0.25) is 10.1 Å². The van der Waals surface area contributed by atoms with E-state index in [1.165, 1.54) is 11.3 Å². The van der Waals surface area contributed by atoms with Crippen molar-refractivity contribution in [2.24, 2.45) is 0 Å². The number of carbonyl (C=O) groups is 1. The molecule has 22 heavy (non-hydrogen) atoms. The number of thioether (sulfide) groups is 2. The van der Waals surface area contributed by atoms with Gasteiger partial charge in [-0.1, -0.05) is 56.0 Å². The first kappa shape index (κ1) is 17.3. The summed E-state index contributed by atoms with van der Waals surface area (Å²) in [5.74, 6) is 0.878. The third-order valence-electron chi connectivity index (χ3n) is 2.55. The molecule has 0 spiro atoms. The van der Waals surface area contributed by atoms with Crippen LogP contribution in [0.5, 0.6) is 0 Å². The van der Waals surface area contributed by atoms with Gasteiger partial charge in [0.2, 0.25) is 5.13 Å². The summed E-state index contributed by atoms with van der Waals surface area (Å²) in [6.45, 7) is 6.35. The number of anilines is 1. The smallest absolute Gasteiger partial charge is 0.258 e. The molecule has 2 aromatic rings. The van der Waals surface area contributed by atoms with Gasteiger partial charge in [-0.15, -0.1) is 22.0 Å². The summed E-state index contributed by atoms with van der Waals surface area (Å²) in [6.07, 6.45) is 1.09. The predicted octanol–water partition coefficient (Wildman–Crippen LogP) is 4.79. The number of nitrogens with zero attached hydrogens (tertiary/aromatic N) is 2. The van der Waals surface area contributed by atoms with Crippen LogP contribution in [0.2, 0.25) is 0 Å². The highest BCUT2D eigenvalue weighted by Gasteiger charge is 2.14. The van der Waals surface area contributed by atoms with Gasteiger partial charge in [0.25, 0.3) is 5.91 Å². The van der Waals surface area contributed by atoms with Gasteiger partial charge in [0.1, 0.15) is 0 Å². The van der Waals surface area contributed by atoms with Crippen LogP contribution in [0.15, 0.2) is 33.5 Å². The largest absolute Gasteiger partial charge is 0.296 e. The first-order valence-corrected chi connectivity index (χ1v) is 9.81. The van der Waals surface area contributed by atoms with Crippen LogP contribution in [0.3, 0.4) is 0 Å². The van der Waals surface area contributed by atoms with Crippen molar-refractivity contribution in [2.75, 3.05) is 11.1 Å². The van der Waals surface area contributed by atoms with E-state index < -0.39 is 0 Å². The Bertz CT molecular complexity index is 628. The first-order valence-electron chi connectivity index (χ1n) is 7.13. The van der Waals surface area contributed by atoms with E-state index >= 15 is 0 Å². The molecule has 2 rings (SSSR count). The van der Waals surface area contributed by atoms with Crippen LogP contribution in [-0.4, -0.2) is 27.1 Å². The maximum atomic E-state index is 12.4. The zero-order valence-corrected chi connectivity index (χ0v) is 15.3. The molecule has 0 fully saturated rings. The molecule has 0 bridgehead atoms. The quantitative estimate of drug-likeness (QED) is 0.573. The minimum Gasteiger partial charge on any atom is -0.296 e. The van der Waals surface area contributed by atoms with E-state index in [0.717, 1.165) is 21.4 Å². The lowest BCUT2D eigenvalue weighted by Gasteiger charge is -2.10. The van der Waals surface area contributed by atoms with Gasteiger partial charge >= 0.3 is 0 Å². The molecule has 0 saturated carbocycles. The normalized spacial score (nSPS) is 10.9. The molecule has 0 aliphatic carbocycles. The molecule has 0 aliphatic heterocycles. The number of carbonyl (C=O) groups excluding carboxylic acids is 1. The molecule has 1 N–H and O–H groups in total. The topological polar surface area (TPSA) is 54.9 Å². The summed E-state index contributed by atoms with van der Waals surface area (Å²) < 4.78 is 0.891. The molecular weight excluding hydrogens is 334 g/mol. The van der Waals surface area contributed by atoms with Crippen LogP contribution in [0.1, 0.15) is 37.6 Å². The Kier molecular flexibility index (Phi) is 6.72. The van der Waals surface area contributed by atoms with Gasteiger partial charge in [-0.2, -0.15) is 0 Å². The lowest BCUT2D eigenvalue weighted by molar-refractivity contribution is 0.102. The summed E-state index contributed by atoms with van der Waals surface area (Å²) in [7, 11) is 0. The highest BCUT2D eigenvalue weighted by atomic mass is 32.2. The van der Waals surface area contributed by atoms with E-state index in [9.17, 15) is 4.79 Å². The molecular formula is C15H19N3OS3. The Balaban J connectivity index is 2.07. The van der Waals surface area contributed by atoms with E-state index in [2.05, 4.69) is 36.3 Å². The Hall–Kier alpha value is -1.05. The predicted molar refractivity (Wildman–Crippen MR) is 96.3 cm³/mol. The molecule has 4 nitrogen and oxygen atoms in total. The molecule has 0 unspecified atom stereocenters. The molecule has 0 saturated heterocycles. The number of amides is 1. The van der Waals surface area contributed by atoms with Crippen molar-refractivity contribution < 1.29 is 4.79 Å². The number of aromatic nitrogens is 2. The van der Waals surface area contributed by atoms with Gasteiger partial charge in [0.15, 0.2) is 4.34 Å². The molecule has 7 heteroatoms. The van der Waals surface area contributed by atoms with Crippen LogP contribution < -0.4 is 5.32 Å². The fourth-order valence-electron chi connectivity index (χ4n) is 1.68. The van der Waals surface area contributed by atoms with E-state index in [-0.39, 0.29) is 5.91 Å². The van der Waals surface area contributed by atoms with Crippen molar-refractivity contribution >= 4 is 45.9 Å². The standard InChI is InChI=1S/C15H19N3OS3/c1-4-9-20-15-18-17-14(22-15)16-13(19)11-7-5-6-8-12(11)21-10(2)3/h5-8,10H,4,9H2,1-3H3,(H,16,17,19). The monoisotopic (exact) mass is 353 g/mol. The number of hydrogen-bond donors (Lipinski definition) is 1. The third kappa shape index (κ3) is 5.00. The molecule has 1 heterocycles. The fraction of sp³-hybridized carbons (Fsp3) is 0.400. The third-order valence-corrected chi connectivity index (χ3v) is 5.81. The molecule has 0 aliphatic rings. The van der Waals surface area contributed by atoms with Crippen LogP contribution >= 0.6 is 34.9 Å². The molecule has 118 valence electrons. The van der Waals surface area contributed by atoms with Crippen LogP contribution in [-0.2, 0) is 0 Å². The lowest BCUT2D eigenvalue weighted by atomic mass is 10.2. The van der Waals surface area contributed by atoms with Gasteiger partial charge in [0.05, 0.1) is 5.56 Å². The molecule has 0 atom stereocenters. The summed E-state index contributed by atoms with van der Waals surface area (Å²) >= 11 is 4.77. The van der Waals surface area contributed by atoms with Crippen molar-refractivity contribution in [1.29, 1.82) is 0 Å². The SMILES string of the molecule is CCCSc1nnc(NC(=O)c2ccccc2SC(C)C)s1. The molecule has 1 aromatic heterocycles. The van der Waals surface area contributed by atoms with Crippen molar-refractivity contribution in [2.45, 2.75) is 41.7 Å². The van der Waals surface area contributed by atoms with Crippen molar-refractivity contribution in [3.05, 3.63) is 29.8 Å². The first-order chi connectivity index (χ1) is 10.6. The Morgan fingerprint density at radius 1 is 1.32 bits per heavy atom. The second-order valence-electron chi connectivity index (χ2n) is 4.84. The minimum absolute atomic E-state index is 0.132. The van der Waals surface area contributed by atoms with Gasteiger partial charge in [-0.05, 0) is 18.6 Å². The zero-order valence-electron chi connectivity index (χ0n) is 12.8. The molecule has 1 amide bonds. The van der Waals surface area contributed by atoms with E-state index in [4.69, 9.17) is 0 Å². The van der Waals surface area contributed by atoms with Crippen molar-refractivity contribution in [3.63, 3.8) is 0 Å². The van der Waals surface area contributed by atoms with E-state index in [0.29, 0.717) is 15.9 Å². The zero-order chi connectivity index (χ0) is 15.9. The van der Waals surface area contributed by atoms with Crippen LogP contribution in [0.25, 0.3) is 0 Å². The Morgan fingerprint density at radius 2 is 2.09 bits per heavy atom. The van der Waals surface area contributed by atoms with Gasteiger partial charge < -0.3 is 0 Å². The van der Waals surface area contributed by atoms with E-state index in [1.807, 2.05) is 24.3 Å². The van der Waals surface area contributed by atoms with Gasteiger partial charge in [-0.25, -0.2) is 0 Å². The molecule has 1 aromatic carbocycles. The maximum absolute atomic E-state index is 12.4. The van der Waals surface area contributed by atoms with E-state index in [1.54, 1.807) is 23.5 Å². The number of benzene rings is 1. The number of hydrogen-bond acceptors (Lipinski definition) is 6. The number of nitrogens with one attached hydrogen (secondary N) is 1. The average molecular weight is 354 g/mol. The van der Waals surface area contributed by atoms with Crippen molar-refractivity contribution in [3.8, 4) is 0 Å². The summed E-state index contributed by atoms with van der Waals surface area (Å²) in [6, 6.07) is 7.64. The second-order valence-corrected chi connectivity index (χ2v) is 8.78. The van der Waals surface area contributed by atoms with Crippen LogP contribution in [0, 0.1) is 0 Å². The highest BCUT2D eigenvalue weighted by molar-refractivity contribution is 8.01. The second kappa shape index (κ2) is 8.55. The molecule has 0 radical (unpaired) electrons. The van der Waals surface area contributed by atoms with Gasteiger partial charge in [0, 0.05) is 15.9 Å². The highest BCUT2D eigenvalue weighted by Crippen LogP contribution is 2.29. The Labute approximate surface area is 143 Å².